The molecule has 0 unspecified atom stereocenters. The summed E-state index contributed by atoms with van der Waals surface area (Å²) in [6.07, 6.45) is -1.64. The molecular weight excluding hydrogens is 249 g/mol. The number of aromatic nitrogens is 2. The van der Waals surface area contributed by atoms with E-state index in [2.05, 4.69) is 5.10 Å². The van der Waals surface area contributed by atoms with Crippen LogP contribution in [0, 0.1) is 11.3 Å². The minimum Gasteiger partial charge on any atom is -0.318 e. The Morgan fingerprint density at radius 1 is 1.61 bits per heavy atom. The summed E-state index contributed by atoms with van der Waals surface area (Å²) in [5.74, 6) is -0.794. The molecule has 98 valence electrons. The van der Waals surface area contributed by atoms with Crippen molar-refractivity contribution < 1.29 is 18.0 Å². The topological polar surface area (TPSA) is 61.9 Å². The van der Waals surface area contributed by atoms with Crippen molar-refractivity contribution in [2.24, 2.45) is 0 Å². The van der Waals surface area contributed by atoms with Crippen molar-refractivity contribution in [3.63, 3.8) is 0 Å². The van der Waals surface area contributed by atoms with E-state index >= 15 is 0 Å². The van der Waals surface area contributed by atoms with Crippen molar-refractivity contribution in [3.05, 3.63) is 18.5 Å². The summed E-state index contributed by atoms with van der Waals surface area (Å²) >= 11 is 0. The fourth-order valence-electron chi connectivity index (χ4n) is 1.40. The molecule has 0 saturated carbocycles. The van der Waals surface area contributed by atoms with Gasteiger partial charge in [0.15, 0.2) is 0 Å². The zero-order valence-corrected chi connectivity index (χ0v) is 9.55. The molecule has 0 spiro atoms. The van der Waals surface area contributed by atoms with Crippen LogP contribution >= 0.6 is 0 Å². The second-order valence-electron chi connectivity index (χ2n) is 3.63. The molecule has 8 heteroatoms. The van der Waals surface area contributed by atoms with E-state index in [1.165, 1.54) is 24.0 Å². The zero-order valence-electron chi connectivity index (χ0n) is 9.55. The zero-order chi connectivity index (χ0) is 13.8. The van der Waals surface area contributed by atoms with Crippen molar-refractivity contribution in [2.45, 2.75) is 19.1 Å². The number of alkyl halides is 3. The number of nitriles is 1. The summed E-state index contributed by atoms with van der Waals surface area (Å²) in [6, 6.07) is 2.23. The predicted molar refractivity (Wildman–Crippen MR) is 55.2 cm³/mol. The van der Waals surface area contributed by atoms with Gasteiger partial charge in [0.25, 0.3) is 0 Å². The molecule has 1 rings (SSSR count). The van der Waals surface area contributed by atoms with Gasteiger partial charge in [0.2, 0.25) is 5.91 Å². The third-order valence-electron chi connectivity index (χ3n) is 2.22. The first-order valence-corrected chi connectivity index (χ1v) is 5.07. The number of carbonyl (C=O) groups is 1. The first kappa shape index (κ1) is 14.0. The van der Waals surface area contributed by atoms with Crippen molar-refractivity contribution >= 4 is 5.91 Å². The molecule has 1 aromatic rings. The Morgan fingerprint density at radius 2 is 2.28 bits per heavy atom. The molecule has 0 fully saturated rings. The van der Waals surface area contributed by atoms with Crippen LogP contribution in [0.4, 0.5) is 13.2 Å². The van der Waals surface area contributed by atoms with Crippen molar-refractivity contribution in [1.82, 2.24) is 14.7 Å². The van der Waals surface area contributed by atoms with Crippen LogP contribution in [0.15, 0.2) is 18.5 Å². The number of halogens is 3. The van der Waals surface area contributed by atoms with Crippen LogP contribution in [0.5, 0.6) is 0 Å². The molecule has 1 aromatic heterocycles. The third-order valence-corrected chi connectivity index (χ3v) is 2.22. The van der Waals surface area contributed by atoms with Crippen molar-refractivity contribution in [1.29, 1.82) is 5.26 Å². The Hall–Kier alpha value is -2.04. The van der Waals surface area contributed by atoms with Gasteiger partial charge in [-0.1, -0.05) is 0 Å². The normalized spacial score (nSPS) is 12.8. The number of rotatable bonds is 4. The van der Waals surface area contributed by atoms with Crippen LogP contribution in [0.25, 0.3) is 0 Å². The molecule has 0 aliphatic heterocycles. The monoisotopic (exact) mass is 260 g/mol. The molecular formula is C10H11F3N4O. The maximum absolute atomic E-state index is 12.3. The van der Waals surface area contributed by atoms with Gasteiger partial charge in [0, 0.05) is 12.4 Å². The van der Waals surface area contributed by atoms with Crippen LogP contribution < -0.4 is 0 Å². The van der Waals surface area contributed by atoms with Crippen LogP contribution in [-0.4, -0.2) is 39.9 Å². The van der Waals surface area contributed by atoms with E-state index in [1.807, 2.05) is 0 Å². The minimum absolute atomic E-state index is 0.465. The molecule has 0 aliphatic carbocycles. The SMILES string of the molecule is C[C@H](C(=O)N(CC#N)CC(F)(F)F)n1cccn1. The van der Waals surface area contributed by atoms with Crippen LogP contribution in [0.3, 0.4) is 0 Å². The van der Waals surface area contributed by atoms with Gasteiger partial charge in [-0.05, 0) is 13.0 Å². The summed E-state index contributed by atoms with van der Waals surface area (Å²) in [7, 11) is 0. The fourth-order valence-corrected chi connectivity index (χ4v) is 1.40. The molecule has 1 heterocycles. The van der Waals surface area contributed by atoms with Crippen LogP contribution in [0.1, 0.15) is 13.0 Å². The van der Waals surface area contributed by atoms with Crippen molar-refractivity contribution in [3.8, 4) is 6.07 Å². The lowest BCUT2D eigenvalue weighted by atomic mass is 10.3. The molecule has 0 aliphatic rings. The highest BCUT2D eigenvalue weighted by Gasteiger charge is 2.34. The minimum atomic E-state index is -4.53. The number of amides is 1. The summed E-state index contributed by atoms with van der Waals surface area (Å²) < 4.78 is 38.0. The van der Waals surface area contributed by atoms with Gasteiger partial charge >= 0.3 is 6.18 Å². The summed E-state index contributed by atoms with van der Waals surface area (Å²) in [5.41, 5.74) is 0. The molecule has 0 radical (unpaired) electrons. The maximum atomic E-state index is 12.3. The largest absolute Gasteiger partial charge is 0.406 e. The summed E-state index contributed by atoms with van der Waals surface area (Å²) in [4.78, 5) is 12.3. The summed E-state index contributed by atoms with van der Waals surface area (Å²) in [6.45, 7) is -0.620. The molecule has 18 heavy (non-hydrogen) atoms. The second kappa shape index (κ2) is 5.53. The lowest BCUT2D eigenvalue weighted by Crippen LogP contribution is -2.42. The number of carbonyl (C=O) groups excluding carboxylic acids is 1. The van der Waals surface area contributed by atoms with E-state index in [0.717, 1.165) is 0 Å². The Labute approximate surface area is 101 Å². The van der Waals surface area contributed by atoms with Gasteiger partial charge in [0.05, 0.1) is 6.07 Å². The highest BCUT2D eigenvalue weighted by molar-refractivity contribution is 5.80. The van der Waals surface area contributed by atoms with E-state index in [1.54, 1.807) is 12.1 Å². The van der Waals surface area contributed by atoms with Gasteiger partial charge in [-0.2, -0.15) is 23.5 Å². The van der Waals surface area contributed by atoms with E-state index in [4.69, 9.17) is 5.26 Å². The quantitative estimate of drug-likeness (QED) is 0.768. The van der Waals surface area contributed by atoms with Crippen molar-refractivity contribution in [2.75, 3.05) is 13.1 Å². The molecule has 0 bridgehead atoms. The highest BCUT2D eigenvalue weighted by atomic mass is 19.4. The third kappa shape index (κ3) is 3.76. The number of nitrogens with zero attached hydrogens (tertiary/aromatic N) is 4. The van der Waals surface area contributed by atoms with Gasteiger partial charge < -0.3 is 4.90 Å². The Kier molecular flexibility index (Phi) is 4.31. The average molecular weight is 260 g/mol. The second-order valence-corrected chi connectivity index (χ2v) is 3.63. The molecule has 5 nitrogen and oxygen atoms in total. The van der Waals surface area contributed by atoms with E-state index in [9.17, 15) is 18.0 Å². The first-order valence-electron chi connectivity index (χ1n) is 5.07. The van der Waals surface area contributed by atoms with Gasteiger partial charge in [-0.25, -0.2) is 0 Å². The van der Waals surface area contributed by atoms with E-state index in [-0.39, 0.29) is 0 Å². The molecule has 0 N–H and O–H groups in total. The van der Waals surface area contributed by atoms with Crippen LogP contribution in [0.2, 0.25) is 0 Å². The Balaban J connectivity index is 2.80. The fraction of sp³-hybridized carbons (Fsp3) is 0.500. The predicted octanol–water partition coefficient (Wildman–Crippen LogP) is 1.36. The average Bonchev–Trinajstić information content (AvgIpc) is 2.78. The molecule has 0 saturated heterocycles. The smallest absolute Gasteiger partial charge is 0.318 e. The van der Waals surface area contributed by atoms with E-state index in [0.29, 0.717) is 4.90 Å². The first-order chi connectivity index (χ1) is 8.35. The van der Waals surface area contributed by atoms with Crippen LogP contribution in [-0.2, 0) is 4.79 Å². The van der Waals surface area contributed by atoms with Gasteiger partial charge in [0.1, 0.15) is 19.1 Å². The number of hydrogen-bond donors (Lipinski definition) is 0. The molecule has 1 atom stereocenters. The number of hydrogen-bond acceptors (Lipinski definition) is 3. The molecule has 1 amide bonds. The molecule has 0 aromatic carbocycles. The Morgan fingerprint density at radius 3 is 2.72 bits per heavy atom. The van der Waals surface area contributed by atoms with Gasteiger partial charge in [-0.15, -0.1) is 0 Å². The van der Waals surface area contributed by atoms with E-state index < -0.39 is 31.2 Å². The lowest BCUT2D eigenvalue weighted by Gasteiger charge is -2.24. The maximum Gasteiger partial charge on any atom is 0.406 e. The van der Waals surface area contributed by atoms with Gasteiger partial charge in [-0.3, -0.25) is 9.48 Å². The Bertz CT molecular complexity index is 435. The summed E-state index contributed by atoms with van der Waals surface area (Å²) in [5, 5.41) is 12.2. The lowest BCUT2D eigenvalue weighted by molar-refractivity contribution is -0.161. The standard InChI is InChI=1S/C10H11F3N4O/c1-8(17-5-2-4-15-17)9(18)16(6-3-14)7-10(11,12)13/h2,4-5,8H,6-7H2,1H3/t8-/m1/s1. The highest BCUT2D eigenvalue weighted by Crippen LogP contribution is 2.18.